The monoisotopic (exact) mass is 341 g/mol. The Kier molecular flexibility index (Phi) is 3.97. The lowest BCUT2D eigenvalue weighted by molar-refractivity contribution is 0.102. The van der Waals surface area contributed by atoms with Gasteiger partial charge < -0.3 is 15.5 Å². The van der Waals surface area contributed by atoms with Gasteiger partial charge in [-0.25, -0.2) is 0 Å². The number of rotatable bonds is 2. The van der Waals surface area contributed by atoms with Gasteiger partial charge >= 0.3 is 0 Å². The Morgan fingerprint density at radius 1 is 1.11 bits per heavy atom. The van der Waals surface area contributed by atoms with Gasteiger partial charge in [-0.1, -0.05) is 27.5 Å². The van der Waals surface area contributed by atoms with E-state index in [-0.39, 0.29) is 17.1 Å². The number of halogens is 2. The van der Waals surface area contributed by atoms with Crippen molar-refractivity contribution in [1.82, 2.24) is 0 Å². The molecule has 0 fully saturated rings. The normalized spacial score (nSPS) is 10.2. The highest BCUT2D eigenvalue weighted by Gasteiger charge is 2.11. The average molecular weight is 343 g/mol. The zero-order chi connectivity index (χ0) is 14.0. The van der Waals surface area contributed by atoms with Gasteiger partial charge in [-0.05, 0) is 30.3 Å². The first-order chi connectivity index (χ1) is 8.95. The molecule has 0 unspecified atom stereocenters. The number of phenols is 2. The van der Waals surface area contributed by atoms with Crippen LogP contribution in [0.3, 0.4) is 0 Å². The van der Waals surface area contributed by atoms with Crippen LogP contribution in [0.2, 0.25) is 5.02 Å². The van der Waals surface area contributed by atoms with Crippen LogP contribution in [0.25, 0.3) is 0 Å². The summed E-state index contributed by atoms with van der Waals surface area (Å²) in [5, 5.41) is 21.7. The second kappa shape index (κ2) is 5.50. The molecule has 0 aliphatic rings. The Hall–Kier alpha value is -1.72. The molecule has 0 spiro atoms. The van der Waals surface area contributed by atoms with Gasteiger partial charge in [0.25, 0.3) is 5.91 Å². The second-order valence-corrected chi connectivity index (χ2v) is 5.14. The van der Waals surface area contributed by atoms with Crippen molar-refractivity contribution in [3.63, 3.8) is 0 Å². The first-order valence-corrected chi connectivity index (χ1v) is 6.42. The predicted octanol–water partition coefficient (Wildman–Crippen LogP) is 3.77. The summed E-state index contributed by atoms with van der Waals surface area (Å²) < 4.78 is 0.769. The van der Waals surface area contributed by atoms with Crippen LogP contribution in [0, 0.1) is 0 Å². The lowest BCUT2D eigenvalue weighted by atomic mass is 10.2. The van der Waals surface area contributed by atoms with Crippen molar-refractivity contribution in [2.45, 2.75) is 0 Å². The second-order valence-electron chi connectivity index (χ2n) is 3.82. The van der Waals surface area contributed by atoms with Gasteiger partial charge in [0.1, 0.15) is 11.5 Å². The molecule has 1 amide bonds. The summed E-state index contributed by atoms with van der Waals surface area (Å²) in [7, 11) is 0. The van der Waals surface area contributed by atoms with E-state index in [9.17, 15) is 15.0 Å². The molecule has 0 aliphatic carbocycles. The smallest absolute Gasteiger partial charge is 0.255 e. The highest BCUT2D eigenvalue weighted by molar-refractivity contribution is 9.10. The zero-order valence-electron chi connectivity index (χ0n) is 9.52. The summed E-state index contributed by atoms with van der Waals surface area (Å²) in [6.45, 7) is 0. The van der Waals surface area contributed by atoms with E-state index in [0.29, 0.717) is 10.7 Å². The van der Waals surface area contributed by atoms with E-state index in [1.807, 2.05) is 0 Å². The van der Waals surface area contributed by atoms with Gasteiger partial charge in [-0.3, -0.25) is 4.79 Å². The minimum Gasteiger partial charge on any atom is -0.508 e. The number of hydrogen-bond donors (Lipinski definition) is 3. The van der Waals surface area contributed by atoms with Crippen molar-refractivity contribution in [3.8, 4) is 11.5 Å². The highest BCUT2D eigenvalue weighted by Crippen LogP contribution is 2.27. The minimum absolute atomic E-state index is 0.133. The molecule has 3 N–H and O–H groups in total. The largest absolute Gasteiger partial charge is 0.508 e. The van der Waals surface area contributed by atoms with Crippen molar-refractivity contribution in [2.24, 2.45) is 0 Å². The lowest BCUT2D eigenvalue weighted by Crippen LogP contribution is -2.12. The van der Waals surface area contributed by atoms with Crippen LogP contribution >= 0.6 is 27.5 Å². The number of amides is 1. The maximum atomic E-state index is 12.0. The summed E-state index contributed by atoms with van der Waals surface area (Å²) in [6, 6.07) is 8.69. The Bertz CT molecular complexity index is 626. The number of benzene rings is 2. The van der Waals surface area contributed by atoms with Crippen molar-refractivity contribution in [2.75, 3.05) is 5.32 Å². The molecule has 0 atom stereocenters. The number of nitrogens with one attached hydrogen (secondary N) is 1. The van der Waals surface area contributed by atoms with E-state index in [4.69, 9.17) is 11.6 Å². The lowest BCUT2D eigenvalue weighted by Gasteiger charge is -2.08. The van der Waals surface area contributed by atoms with Gasteiger partial charge in [0.15, 0.2) is 0 Å². The molecule has 0 saturated heterocycles. The quantitative estimate of drug-likeness (QED) is 0.778. The number of carbonyl (C=O) groups excluding carboxylic acids is 1. The summed E-state index contributed by atoms with van der Waals surface area (Å²) in [4.78, 5) is 12.0. The molecule has 0 aliphatic heterocycles. The van der Waals surface area contributed by atoms with Crippen LogP contribution in [-0.2, 0) is 0 Å². The van der Waals surface area contributed by atoms with Crippen LogP contribution in [0.4, 0.5) is 5.69 Å². The zero-order valence-corrected chi connectivity index (χ0v) is 11.9. The molecule has 0 heterocycles. The van der Waals surface area contributed by atoms with Crippen molar-refractivity contribution in [3.05, 3.63) is 51.5 Å². The molecule has 19 heavy (non-hydrogen) atoms. The molecule has 2 aromatic rings. The molecule has 0 saturated carbocycles. The minimum atomic E-state index is -0.480. The van der Waals surface area contributed by atoms with Gasteiger partial charge in [0.05, 0.1) is 10.7 Å². The van der Waals surface area contributed by atoms with Crippen LogP contribution in [-0.4, -0.2) is 16.1 Å². The summed E-state index contributed by atoms with van der Waals surface area (Å²) in [6.07, 6.45) is 0. The maximum absolute atomic E-state index is 12.0. The Morgan fingerprint density at radius 3 is 2.37 bits per heavy atom. The number of aromatic hydroxyl groups is 2. The van der Waals surface area contributed by atoms with Gasteiger partial charge in [0.2, 0.25) is 0 Å². The van der Waals surface area contributed by atoms with Gasteiger partial charge in [-0.2, -0.15) is 0 Å². The fraction of sp³-hybridized carbons (Fsp3) is 0. The van der Waals surface area contributed by atoms with E-state index in [1.165, 1.54) is 12.1 Å². The van der Waals surface area contributed by atoms with Gasteiger partial charge in [-0.15, -0.1) is 0 Å². The number of hydrogen-bond acceptors (Lipinski definition) is 3. The van der Waals surface area contributed by atoms with E-state index >= 15 is 0 Å². The third-order valence-corrected chi connectivity index (χ3v) is 3.16. The molecular formula is C13H9BrClNO3. The summed E-state index contributed by atoms with van der Waals surface area (Å²) >= 11 is 9.23. The maximum Gasteiger partial charge on any atom is 0.255 e. The molecule has 0 radical (unpaired) electrons. The molecule has 0 bridgehead atoms. The Labute approximate surface area is 122 Å². The van der Waals surface area contributed by atoms with Crippen molar-refractivity contribution in [1.29, 1.82) is 0 Å². The molecular weight excluding hydrogens is 334 g/mol. The molecule has 4 nitrogen and oxygen atoms in total. The molecule has 2 aromatic carbocycles. The van der Waals surface area contributed by atoms with Crippen LogP contribution in [0.1, 0.15) is 10.4 Å². The van der Waals surface area contributed by atoms with E-state index in [2.05, 4.69) is 21.2 Å². The highest BCUT2D eigenvalue weighted by atomic mass is 79.9. The van der Waals surface area contributed by atoms with Crippen LogP contribution < -0.4 is 5.32 Å². The Morgan fingerprint density at radius 2 is 1.74 bits per heavy atom. The average Bonchev–Trinajstić information content (AvgIpc) is 2.32. The number of carbonyl (C=O) groups is 1. The van der Waals surface area contributed by atoms with Crippen molar-refractivity contribution >= 4 is 39.1 Å². The molecule has 6 heteroatoms. The topological polar surface area (TPSA) is 69.6 Å². The number of phenolic OH excluding ortho intramolecular Hbond substituents is 2. The third-order valence-electron chi connectivity index (χ3n) is 2.34. The molecule has 2 rings (SSSR count). The fourth-order valence-electron chi connectivity index (χ4n) is 1.51. The van der Waals surface area contributed by atoms with Crippen molar-refractivity contribution < 1.29 is 15.0 Å². The first kappa shape index (κ1) is 13.7. The summed E-state index contributed by atoms with van der Waals surface area (Å²) in [5.74, 6) is -0.859. The molecule has 98 valence electrons. The van der Waals surface area contributed by atoms with E-state index < -0.39 is 5.91 Å². The number of anilines is 1. The predicted molar refractivity (Wildman–Crippen MR) is 76.9 cm³/mol. The fourth-order valence-corrected chi connectivity index (χ4v) is 2.04. The van der Waals surface area contributed by atoms with Crippen LogP contribution in [0.5, 0.6) is 11.5 Å². The SMILES string of the molecule is O=C(Nc1cc(Br)ccc1Cl)c1cc(O)cc(O)c1. The standard InChI is InChI=1S/C13H9BrClNO3/c14-8-1-2-11(15)12(5-8)16-13(19)7-3-9(17)6-10(18)4-7/h1-6,17-18H,(H,16,19). The first-order valence-electron chi connectivity index (χ1n) is 5.25. The Balaban J connectivity index is 2.28. The van der Waals surface area contributed by atoms with E-state index in [0.717, 1.165) is 10.5 Å². The van der Waals surface area contributed by atoms with E-state index in [1.54, 1.807) is 18.2 Å². The van der Waals surface area contributed by atoms with Gasteiger partial charge in [0, 0.05) is 16.1 Å². The summed E-state index contributed by atoms with van der Waals surface area (Å²) in [5.41, 5.74) is 0.567. The third kappa shape index (κ3) is 3.39. The van der Waals surface area contributed by atoms with Crippen LogP contribution in [0.15, 0.2) is 40.9 Å². The molecule has 0 aromatic heterocycles.